The summed E-state index contributed by atoms with van der Waals surface area (Å²) in [5, 5.41) is 19.0. The molecule has 0 radical (unpaired) electrons. The molecule has 1 rings (SSSR count). The van der Waals surface area contributed by atoms with Crippen molar-refractivity contribution in [3.63, 3.8) is 0 Å². The van der Waals surface area contributed by atoms with Crippen LogP contribution in [0.4, 0.5) is 0 Å². The second-order valence-electron chi connectivity index (χ2n) is 2.91. The summed E-state index contributed by atoms with van der Waals surface area (Å²) < 4.78 is 0. The van der Waals surface area contributed by atoms with E-state index in [2.05, 4.69) is 0 Å². The first-order chi connectivity index (χ1) is 7.59. The monoisotopic (exact) mass is 219 g/mol. The second-order valence-corrected chi connectivity index (χ2v) is 2.91. The van der Waals surface area contributed by atoms with Crippen LogP contribution in [0.15, 0.2) is 48.2 Å². The molecule has 1 N–H and O–H groups in total. The van der Waals surface area contributed by atoms with E-state index in [1.165, 1.54) is 6.08 Å². The van der Waals surface area contributed by atoms with Crippen molar-refractivity contribution in [3.8, 4) is 0 Å². The summed E-state index contributed by atoms with van der Waals surface area (Å²) in [6.07, 6.45) is 2.99. The molecule has 1 aromatic rings. The minimum Gasteiger partial charge on any atom is -0.478 e. The summed E-state index contributed by atoms with van der Waals surface area (Å²) >= 11 is 0. The molecule has 82 valence electrons. The quantitative estimate of drug-likeness (QED) is 0.363. The van der Waals surface area contributed by atoms with Crippen molar-refractivity contribution in [2.24, 2.45) is 0 Å². The maximum absolute atomic E-state index is 10.6. The Labute approximate surface area is 91.5 Å². The molecule has 0 spiro atoms. The fourth-order valence-electron chi connectivity index (χ4n) is 1.04. The van der Waals surface area contributed by atoms with Crippen molar-refractivity contribution in [1.29, 1.82) is 0 Å². The zero-order chi connectivity index (χ0) is 12.0. The van der Waals surface area contributed by atoms with E-state index in [0.29, 0.717) is 5.56 Å². The molecular formula is C11H9NO4. The van der Waals surface area contributed by atoms with E-state index in [1.807, 2.05) is 0 Å². The van der Waals surface area contributed by atoms with Gasteiger partial charge in [-0.05, 0) is 5.56 Å². The first-order valence-electron chi connectivity index (χ1n) is 4.42. The molecule has 5 nitrogen and oxygen atoms in total. The molecule has 0 aliphatic heterocycles. The van der Waals surface area contributed by atoms with Gasteiger partial charge in [0.05, 0.1) is 4.92 Å². The van der Waals surface area contributed by atoms with Crippen LogP contribution in [0, 0.1) is 10.1 Å². The molecule has 0 saturated carbocycles. The molecule has 0 bridgehead atoms. The van der Waals surface area contributed by atoms with Crippen LogP contribution in [0.1, 0.15) is 5.56 Å². The normalized spacial score (nSPS) is 11.6. The van der Waals surface area contributed by atoms with Crippen molar-refractivity contribution in [3.05, 3.63) is 63.9 Å². The first kappa shape index (κ1) is 11.6. The SMILES string of the molecule is O=C(O)C=CC(=Cc1ccccc1)[N+](=O)[O-]. The van der Waals surface area contributed by atoms with Crippen LogP contribution in [0.25, 0.3) is 6.08 Å². The van der Waals surface area contributed by atoms with Gasteiger partial charge < -0.3 is 5.11 Å². The largest absolute Gasteiger partial charge is 0.478 e. The molecule has 0 aromatic heterocycles. The van der Waals surface area contributed by atoms with Crippen LogP contribution >= 0.6 is 0 Å². The highest BCUT2D eigenvalue weighted by Gasteiger charge is 2.06. The van der Waals surface area contributed by atoms with Crippen molar-refractivity contribution in [2.75, 3.05) is 0 Å². The van der Waals surface area contributed by atoms with Gasteiger partial charge in [0.25, 0.3) is 5.70 Å². The summed E-state index contributed by atoms with van der Waals surface area (Å²) in [5.41, 5.74) is 0.373. The average Bonchev–Trinajstić information content (AvgIpc) is 2.25. The van der Waals surface area contributed by atoms with E-state index in [0.717, 1.165) is 12.2 Å². The van der Waals surface area contributed by atoms with Gasteiger partial charge in [0.1, 0.15) is 0 Å². The van der Waals surface area contributed by atoms with Gasteiger partial charge in [-0.15, -0.1) is 0 Å². The van der Waals surface area contributed by atoms with Crippen LogP contribution < -0.4 is 0 Å². The lowest BCUT2D eigenvalue weighted by Gasteiger charge is -1.92. The Kier molecular flexibility index (Phi) is 3.97. The van der Waals surface area contributed by atoms with E-state index < -0.39 is 10.9 Å². The Bertz CT molecular complexity index is 448. The maximum Gasteiger partial charge on any atom is 0.328 e. The van der Waals surface area contributed by atoms with Gasteiger partial charge in [-0.3, -0.25) is 10.1 Å². The van der Waals surface area contributed by atoms with Crippen LogP contribution in [0.3, 0.4) is 0 Å². The zero-order valence-corrected chi connectivity index (χ0v) is 8.24. The Morgan fingerprint density at radius 1 is 1.25 bits per heavy atom. The predicted octanol–water partition coefficient (Wildman–Crippen LogP) is 1.95. The summed E-state index contributed by atoms with van der Waals surface area (Å²) in [5.74, 6) is -1.22. The number of rotatable bonds is 4. The number of carbonyl (C=O) groups is 1. The summed E-state index contributed by atoms with van der Waals surface area (Å²) in [4.78, 5) is 20.2. The minimum absolute atomic E-state index is 0.270. The van der Waals surface area contributed by atoms with Crippen LogP contribution in [-0.2, 0) is 4.79 Å². The lowest BCUT2D eigenvalue weighted by Crippen LogP contribution is -1.97. The van der Waals surface area contributed by atoms with Crippen LogP contribution in [0.2, 0.25) is 0 Å². The molecule has 16 heavy (non-hydrogen) atoms. The lowest BCUT2D eigenvalue weighted by molar-refractivity contribution is -0.417. The summed E-state index contributed by atoms with van der Waals surface area (Å²) in [6.45, 7) is 0. The molecule has 0 aliphatic rings. The van der Waals surface area contributed by atoms with E-state index in [4.69, 9.17) is 5.11 Å². The molecule has 0 atom stereocenters. The van der Waals surface area contributed by atoms with E-state index in [-0.39, 0.29) is 5.70 Å². The number of nitro groups is 1. The molecule has 0 fully saturated rings. The average molecular weight is 219 g/mol. The second kappa shape index (κ2) is 5.45. The summed E-state index contributed by atoms with van der Waals surface area (Å²) in [6, 6.07) is 8.65. The predicted molar refractivity (Wildman–Crippen MR) is 58.2 cm³/mol. The van der Waals surface area contributed by atoms with Gasteiger partial charge in [0, 0.05) is 18.2 Å². The molecule has 5 heteroatoms. The molecule has 0 aliphatic carbocycles. The number of hydrogen-bond acceptors (Lipinski definition) is 3. The fourth-order valence-corrected chi connectivity index (χ4v) is 1.04. The third-order valence-corrected chi connectivity index (χ3v) is 1.72. The van der Waals surface area contributed by atoms with Crippen molar-refractivity contribution in [1.82, 2.24) is 0 Å². The van der Waals surface area contributed by atoms with Crippen molar-refractivity contribution in [2.45, 2.75) is 0 Å². The molecule has 0 amide bonds. The van der Waals surface area contributed by atoms with Gasteiger partial charge in [-0.25, -0.2) is 4.79 Å². The molecule has 1 aromatic carbocycles. The van der Waals surface area contributed by atoms with E-state index in [9.17, 15) is 14.9 Å². The van der Waals surface area contributed by atoms with E-state index in [1.54, 1.807) is 30.3 Å². The standard InChI is InChI=1S/C11H9NO4/c13-11(14)7-6-10(12(15)16)8-9-4-2-1-3-5-9/h1-8H,(H,13,14). The number of carboxylic acid groups (broad SMARTS) is 1. The number of hydrogen-bond donors (Lipinski definition) is 1. The number of aliphatic carboxylic acids is 1. The number of nitrogens with zero attached hydrogens (tertiary/aromatic N) is 1. The fraction of sp³-hybridized carbons (Fsp3) is 0. The Morgan fingerprint density at radius 2 is 1.88 bits per heavy atom. The highest BCUT2D eigenvalue weighted by atomic mass is 16.6. The molecule has 0 unspecified atom stereocenters. The molecule has 0 saturated heterocycles. The topological polar surface area (TPSA) is 80.4 Å². The van der Waals surface area contributed by atoms with Crippen LogP contribution in [0.5, 0.6) is 0 Å². The summed E-state index contributed by atoms with van der Waals surface area (Å²) in [7, 11) is 0. The Morgan fingerprint density at radius 3 is 2.38 bits per heavy atom. The Balaban J connectivity index is 2.99. The van der Waals surface area contributed by atoms with Gasteiger partial charge in [0.2, 0.25) is 0 Å². The highest BCUT2D eigenvalue weighted by molar-refractivity contribution is 5.80. The lowest BCUT2D eigenvalue weighted by atomic mass is 10.2. The van der Waals surface area contributed by atoms with Gasteiger partial charge in [0.15, 0.2) is 0 Å². The number of allylic oxidation sites excluding steroid dienone is 1. The van der Waals surface area contributed by atoms with Crippen molar-refractivity contribution >= 4 is 12.0 Å². The number of carboxylic acids is 1. The maximum atomic E-state index is 10.6. The third kappa shape index (κ3) is 3.75. The minimum atomic E-state index is -1.22. The number of benzene rings is 1. The zero-order valence-electron chi connectivity index (χ0n) is 8.24. The van der Waals surface area contributed by atoms with E-state index >= 15 is 0 Å². The highest BCUT2D eigenvalue weighted by Crippen LogP contribution is 2.08. The van der Waals surface area contributed by atoms with Crippen LogP contribution in [-0.4, -0.2) is 16.0 Å². The first-order valence-corrected chi connectivity index (χ1v) is 4.42. The van der Waals surface area contributed by atoms with Gasteiger partial charge in [-0.2, -0.15) is 0 Å². The smallest absolute Gasteiger partial charge is 0.328 e. The molecular weight excluding hydrogens is 210 g/mol. The van der Waals surface area contributed by atoms with Gasteiger partial charge >= 0.3 is 5.97 Å². The van der Waals surface area contributed by atoms with Gasteiger partial charge in [-0.1, -0.05) is 30.3 Å². The Hall–Kier alpha value is -2.43. The third-order valence-electron chi connectivity index (χ3n) is 1.72. The molecule has 0 heterocycles. The van der Waals surface area contributed by atoms with Crippen molar-refractivity contribution < 1.29 is 14.8 Å².